The molecule has 2 heterocycles. The first kappa shape index (κ1) is 9.71. The van der Waals surface area contributed by atoms with E-state index in [2.05, 4.69) is 19.9 Å². The van der Waals surface area contributed by atoms with Crippen molar-refractivity contribution < 1.29 is 8.42 Å². The van der Waals surface area contributed by atoms with E-state index in [0.717, 1.165) is 6.26 Å². The van der Waals surface area contributed by atoms with Crippen LogP contribution in [0.1, 0.15) is 0 Å². The Labute approximate surface area is 85.3 Å². The Morgan fingerprint density at radius 3 is 2.73 bits per heavy atom. The summed E-state index contributed by atoms with van der Waals surface area (Å²) in [5.41, 5.74) is 6.20. The van der Waals surface area contributed by atoms with Crippen molar-refractivity contribution in [1.29, 1.82) is 0 Å². The summed E-state index contributed by atoms with van der Waals surface area (Å²) in [6.45, 7) is 0. The van der Waals surface area contributed by atoms with Gasteiger partial charge in [0, 0.05) is 6.26 Å². The fourth-order valence-electron chi connectivity index (χ4n) is 1.05. The molecule has 2 aromatic rings. The van der Waals surface area contributed by atoms with Gasteiger partial charge in [0.1, 0.15) is 17.4 Å². The Bertz CT molecular complexity index is 624. The number of rotatable bonds is 1. The van der Waals surface area contributed by atoms with Crippen LogP contribution in [0.2, 0.25) is 0 Å². The molecule has 0 atom stereocenters. The van der Waals surface area contributed by atoms with Gasteiger partial charge in [0.2, 0.25) is 15.0 Å². The largest absolute Gasteiger partial charge is 0.382 e. The first-order valence-corrected chi connectivity index (χ1v) is 5.81. The monoisotopic (exact) mass is 225 g/mol. The highest BCUT2D eigenvalue weighted by Crippen LogP contribution is 2.15. The van der Waals surface area contributed by atoms with Crippen molar-refractivity contribution >= 4 is 26.7 Å². The molecule has 0 aliphatic carbocycles. The maximum Gasteiger partial charge on any atom is 0.249 e. The van der Waals surface area contributed by atoms with E-state index in [9.17, 15) is 8.42 Å². The average molecular weight is 225 g/mol. The molecule has 15 heavy (non-hydrogen) atoms. The van der Waals surface area contributed by atoms with Gasteiger partial charge in [0.15, 0.2) is 5.82 Å². The molecule has 0 unspecified atom stereocenters. The molecule has 2 aromatic heterocycles. The fourth-order valence-corrected chi connectivity index (χ4v) is 1.58. The summed E-state index contributed by atoms with van der Waals surface area (Å²) < 4.78 is 22.4. The molecule has 0 spiro atoms. The van der Waals surface area contributed by atoms with Crippen LogP contribution in [0.5, 0.6) is 0 Å². The minimum Gasteiger partial charge on any atom is -0.382 e. The minimum atomic E-state index is -3.47. The predicted molar refractivity (Wildman–Crippen MR) is 52.7 cm³/mol. The number of nitrogen functional groups attached to an aromatic ring is 1. The number of anilines is 1. The van der Waals surface area contributed by atoms with E-state index < -0.39 is 9.84 Å². The number of hydrogen-bond donors (Lipinski definition) is 1. The quantitative estimate of drug-likeness (QED) is 0.645. The topological polar surface area (TPSA) is 112 Å². The average Bonchev–Trinajstić information content (AvgIpc) is 2.16. The van der Waals surface area contributed by atoms with Crippen LogP contribution >= 0.6 is 0 Å². The maximum atomic E-state index is 11.2. The highest BCUT2D eigenvalue weighted by Gasteiger charge is 2.14. The number of aromatic nitrogens is 4. The molecule has 0 aromatic carbocycles. The highest BCUT2D eigenvalue weighted by atomic mass is 32.2. The second-order valence-corrected chi connectivity index (χ2v) is 4.83. The zero-order valence-corrected chi connectivity index (χ0v) is 8.56. The van der Waals surface area contributed by atoms with E-state index >= 15 is 0 Å². The molecule has 0 saturated heterocycles. The summed E-state index contributed by atoms with van der Waals surface area (Å²) >= 11 is 0. The van der Waals surface area contributed by atoms with Crippen molar-refractivity contribution in [3.05, 3.63) is 12.5 Å². The molecule has 0 amide bonds. The van der Waals surface area contributed by atoms with Gasteiger partial charge >= 0.3 is 0 Å². The molecule has 0 aliphatic heterocycles. The third-order valence-electron chi connectivity index (χ3n) is 1.70. The standard InChI is InChI=1S/C7H7N5O2S/c1-15(13,14)7-11-4-2-9-3-10-5(4)6(8)12-7/h2-3H,1H3,(H2,8,11,12). The van der Waals surface area contributed by atoms with Crippen LogP contribution in [0, 0.1) is 0 Å². The van der Waals surface area contributed by atoms with Gasteiger partial charge in [-0.1, -0.05) is 0 Å². The Kier molecular flexibility index (Phi) is 2.00. The SMILES string of the molecule is CS(=O)(=O)c1nc(N)c2ncncc2n1. The summed E-state index contributed by atoms with van der Waals surface area (Å²) in [4.78, 5) is 15.0. The number of sulfone groups is 1. The van der Waals surface area contributed by atoms with Gasteiger partial charge in [-0.3, -0.25) is 0 Å². The zero-order valence-electron chi connectivity index (χ0n) is 7.75. The Hall–Kier alpha value is -1.83. The van der Waals surface area contributed by atoms with Gasteiger partial charge < -0.3 is 5.73 Å². The van der Waals surface area contributed by atoms with Gasteiger partial charge in [-0.15, -0.1) is 0 Å². The molecular weight excluding hydrogens is 218 g/mol. The van der Waals surface area contributed by atoms with Gasteiger partial charge in [0.05, 0.1) is 6.20 Å². The van der Waals surface area contributed by atoms with Crippen molar-refractivity contribution in [2.75, 3.05) is 12.0 Å². The molecular formula is C7H7N5O2S. The van der Waals surface area contributed by atoms with Gasteiger partial charge in [0.25, 0.3) is 0 Å². The fraction of sp³-hybridized carbons (Fsp3) is 0.143. The molecule has 2 N–H and O–H groups in total. The maximum absolute atomic E-state index is 11.2. The van der Waals surface area contributed by atoms with Gasteiger partial charge in [-0.05, 0) is 0 Å². The molecule has 0 fully saturated rings. The number of nitrogens with two attached hydrogens (primary N) is 1. The van der Waals surface area contributed by atoms with Crippen molar-refractivity contribution in [1.82, 2.24) is 19.9 Å². The molecule has 2 rings (SSSR count). The molecule has 0 bridgehead atoms. The lowest BCUT2D eigenvalue weighted by molar-refractivity contribution is 0.594. The van der Waals surface area contributed by atoms with Crippen LogP contribution in [0.25, 0.3) is 11.0 Å². The summed E-state index contributed by atoms with van der Waals surface area (Å²) in [6, 6.07) is 0. The number of nitrogens with zero attached hydrogens (tertiary/aromatic N) is 4. The van der Waals surface area contributed by atoms with E-state index in [0.29, 0.717) is 11.0 Å². The van der Waals surface area contributed by atoms with E-state index in [1.54, 1.807) is 0 Å². The van der Waals surface area contributed by atoms with E-state index in [4.69, 9.17) is 5.73 Å². The summed E-state index contributed by atoms with van der Waals surface area (Å²) in [7, 11) is -3.47. The second kappa shape index (κ2) is 3.09. The highest BCUT2D eigenvalue weighted by molar-refractivity contribution is 7.90. The molecule has 8 heteroatoms. The summed E-state index contributed by atoms with van der Waals surface area (Å²) in [5.74, 6) is 0.0304. The summed E-state index contributed by atoms with van der Waals surface area (Å²) in [5, 5.41) is -0.317. The molecule has 7 nitrogen and oxygen atoms in total. The number of fused-ring (bicyclic) bond motifs is 1. The molecule has 0 aliphatic rings. The van der Waals surface area contributed by atoms with Crippen LogP contribution in [0.15, 0.2) is 17.7 Å². The summed E-state index contributed by atoms with van der Waals surface area (Å²) in [6.07, 6.45) is 3.69. The van der Waals surface area contributed by atoms with Crippen LogP contribution in [-0.4, -0.2) is 34.6 Å². The van der Waals surface area contributed by atoms with E-state index in [1.165, 1.54) is 12.5 Å². The zero-order chi connectivity index (χ0) is 11.1. The lowest BCUT2D eigenvalue weighted by Gasteiger charge is -2.01. The first-order chi connectivity index (χ1) is 6.98. The normalized spacial score (nSPS) is 11.8. The number of hydrogen-bond acceptors (Lipinski definition) is 7. The van der Waals surface area contributed by atoms with E-state index in [-0.39, 0.29) is 11.0 Å². The van der Waals surface area contributed by atoms with Crippen LogP contribution in [-0.2, 0) is 9.84 Å². The molecule has 0 saturated carbocycles. The van der Waals surface area contributed by atoms with Crippen molar-refractivity contribution in [2.45, 2.75) is 5.16 Å². The van der Waals surface area contributed by atoms with Gasteiger partial charge in [-0.2, -0.15) is 4.98 Å². The lowest BCUT2D eigenvalue weighted by Crippen LogP contribution is -2.07. The van der Waals surface area contributed by atoms with Crippen LogP contribution in [0.3, 0.4) is 0 Å². The third kappa shape index (κ3) is 1.71. The van der Waals surface area contributed by atoms with Crippen LogP contribution < -0.4 is 5.73 Å². The Morgan fingerprint density at radius 2 is 2.07 bits per heavy atom. The Morgan fingerprint density at radius 1 is 1.33 bits per heavy atom. The minimum absolute atomic E-state index is 0.0304. The van der Waals surface area contributed by atoms with Crippen LogP contribution in [0.4, 0.5) is 5.82 Å². The van der Waals surface area contributed by atoms with Crippen molar-refractivity contribution in [3.8, 4) is 0 Å². The second-order valence-electron chi connectivity index (χ2n) is 2.92. The van der Waals surface area contributed by atoms with Crippen molar-refractivity contribution in [2.24, 2.45) is 0 Å². The Balaban J connectivity index is 2.85. The molecule has 0 radical (unpaired) electrons. The third-order valence-corrected chi connectivity index (χ3v) is 2.55. The predicted octanol–water partition coefficient (Wildman–Crippen LogP) is -0.595. The van der Waals surface area contributed by atoms with E-state index in [1.807, 2.05) is 0 Å². The molecule has 78 valence electrons. The lowest BCUT2D eigenvalue weighted by atomic mass is 10.4. The van der Waals surface area contributed by atoms with Gasteiger partial charge in [-0.25, -0.2) is 23.4 Å². The first-order valence-electron chi connectivity index (χ1n) is 3.92. The van der Waals surface area contributed by atoms with Crippen molar-refractivity contribution in [3.63, 3.8) is 0 Å². The smallest absolute Gasteiger partial charge is 0.249 e.